The topological polar surface area (TPSA) is 61.4 Å². The molecule has 0 aliphatic carbocycles. The van der Waals surface area contributed by atoms with Gasteiger partial charge in [-0.2, -0.15) is 0 Å². The predicted molar refractivity (Wildman–Crippen MR) is 103 cm³/mol. The number of carbonyl (C=O) groups excluding carboxylic acids is 2. The van der Waals surface area contributed by atoms with Gasteiger partial charge in [-0.15, -0.1) is 11.3 Å². The van der Waals surface area contributed by atoms with Crippen LogP contribution < -0.4 is 10.6 Å². The van der Waals surface area contributed by atoms with Gasteiger partial charge in [0.25, 0.3) is 5.91 Å². The van der Waals surface area contributed by atoms with E-state index in [0.29, 0.717) is 36.3 Å². The molecule has 140 valence electrons. The Hall–Kier alpha value is -1.40. The van der Waals surface area contributed by atoms with Crippen LogP contribution in [0.25, 0.3) is 0 Å². The van der Waals surface area contributed by atoms with Crippen LogP contribution in [-0.4, -0.2) is 48.9 Å². The summed E-state index contributed by atoms with van der Waals surface area (Å²) in [4.78, 5) is 27.1. The number of nitrogens with zero attached hydrogens (tertiary/aromatic N) is 1. The van der Waals surface area contributed by atoms with Gasteiger partial charge >= 0.3 is 0 Å². The number of hydrogen-bond acceptors (Lipinski definition) is 4. The van der Waals surface area contributed by atoms with Crippen molar-refractivity contribution in [1.82, 2.24) is 15.5 Å². The molecule has 1 unspecified atom stereocenters. The lowest BCUT2D eigenvalue weighted by Gasteiger charge is -2.38. The van der Waals surface area contributed by atoms with Gasteiger partial charge in [0.1, 0.15) is 0 Å². The summed E-state index contributed by atoms with van der Waals surface area (Å²) in [6.07, 6.45) is 2.80. The minimum atomic E-state index is -0.106. The highest BCUT2D eigenvalue weighted by atomic mass is 32.1. The zero-order valence-electron chi connectivity index (χ0n) is 15.6. The first-order valence-electron chi connectivity index (χ1n) is 9.29. The third-order valence-corrected chi connectivity index (χ3v) is 5.82. The number of thiophene rings is 1. The molecule has 0 radical (unpaired) electrons. The zero-order chi connectivity index (χ0) is 18.2. The van der Waals surface area contributed by atoms with Crippen molar-refractivity contribution in [2.45, 2.75) is 46.1 Å². The lowest BCUT2D eigenvalue weighted by atomic mass is 9.94. The number of carbonyl (C=O) groups is 2. The lowest BCUT2D eigenvalue weighted by Crippen LogP contribution is -2.49. The van der Waals surface area contributed by atoms with Crippen LogP contribution >= 0.6 is 11.3 Å². The highest BCUT2D eigenvalue weighted by Crippen LogP contribution is 2.21. The Kier molecular flexibility index (Phi) is 7.90. The molecule has 2 heterocycles. The van der Waals surface area contributed by atoms with Gasteiger partial charge in [-0.25, -0.2) is 0 Å². The average molecular weight is 366 g/mol. The van der Waals surface area contributed by atoms with Crippen LogP contribution in [0, 0.1) is 11.8 Å². The van der Waals surface area contributed by atoms with Crippen LogP contribution in [0.3, 0.4) is 0 Å². The van der Waals surface area contributed by atoms with E-state index in [0.717, 1.165) is 19.0 Å². The number of rotatable bonds is 8. The van der Waals surface area contributed by atoms with Crippen LogP contribution in [0.15, 0.2) is 17.5 Å². The van der Waals surface area contributed by atoms with E-state index in [9.17, 15) is 9.59 Å². The number of piperidine rings is 1. The van der Waals surface area contributed by atoms with Gasteiger partial charge in [-0.05, 0) is 49.2 Å². The third-order valence-electron chi connectivity index (χ3n) is 4.95. The molecule has 1 fully saturated rings. The molecule has 25 heavy (non-hydrogen) atoms. The van der Waals surface area contributed by atoms with Crippen molar-refractivity contribution in [3.05, 3.63) is 22.4 Å². The van der Waals surface area contributed by atoms with Gasteiger partial charge in [0.2, 0.25) is 5.91 Å². The molecule has 2 amide bonds. The molecule has 2 N–H and O–H groups in total. The Bertz CT molecular complexity index is 537. The zero-order valence-corrected chi connectivity index (χ0v) is 16.4. The summed E-state index contributed by atoms with van der Waals surface area (Å²) < 4.78 is 0. The van der Waals surface area contributed by atoms with Crippen LogP contribution in [0.2, 0.25) is 0 Å². The average Bonchev–Trinajstić information content (AvgIpc) is 3.11. The highest BCUT2D eigenvalue weighted by molar-refractivity contribution is 7.12. The number of nitrogens with one attached hydrogen (secondary N) is 2. The normalized spacial score (nSPS) is 17.4. The van der Waals surface area contributed by atoms with Gasteiger partial charge < -0.3 is 10.6 Å². The Balaban J connectivity index is 1.69. The molecule has 0 bridgehead atoms. The largest absolute Gasteiger partial charge is 0.354 e. The van der Waals surface area contributed by atoms with E-state index in [4.69, 9.17) is 0 Å². The molecule has 5 nitrogen and oxygen atoms in total. The molecular formula is C19H31N3O2S. The van der Waals surface area contributed by atoms with Crippen LogP contribution in [0.4, 0.5) is 0 Å². The number of amides is 2. The summed E-state index contributed by atoms with van der Waals surface area (Å²) in [7, 11) is 0. The van der Waals surface area contributed by atoms with Crippen molar-refractivity contribution >= 4 is 23.2 Å². The summed E-state index contributed by atoms with van der Waals surface area (Å²) >= 11 is 1.41. The quantitative estimate of drug-likeness (QED) is 0.745. The van der Waals surface area contributed by atoms with Crippen molar-refractivity contribution in [1.29, 1.82) is 0 Å². The SMILES string of the molecule is CC1CCN(C(CNC(=O)CCNC(=O)c2cccs2)C(C)C)CC1. The molecule has 1 aromatic rings. The summed E-state index contributed by atoms with van der Waals surface area (Å²) in [6, 6.07) is 4.02. The van der Waals surface area contributed by atoms with Gasteiger partial charge in [0.05, 0.1) is 4.88 Å². The molecule has 0 aromatic carbocycles. The van der Waals surface area contributed by atoms with Crippen molar-refractivity contribution in [3.63, 3.8) is 0 Å². The molecule has 6 heteroatoms. The van der Waals surface area contributed by atoms with Gasteiger partial charge in [0.15, 0.2) is 0 Å². The van der Waals surface area contributed by atoms with Crippen molar-refractivity contribution in [2.75, 3.05) is 26.2 Å². The second-order valence-corrected chi connectivity index (χ2v) is 8.26. The first-order chi connectivity index (χ1) is 12.0. The predicted octanol–water partition coefficient (Wildman–Crippen LogP) is 2.74. The Morgan fingerprint density at radius 2 is 2.00 bits per heavy atom. The van der Waals surface area contributed by atoms with Crippen molar-refractivity contribution < 1.29 is 9.59 Å². The summed E-state index contributed by atoms with van der Waals surface area (Å²) in [6.45, 7) is 10.0. The minimum Gasteiger partial charge on any atom is -0.354 e. The molecule has 0 spiro atoms. The summed E-state index contributed by atoms with van der Waals surface area (Å²) in [5, 5.41) is 7.72. The Morgan fingerprint density at radius 1 is 1.28 bits per heavy atom. The van der Waals surface area contributed by atoms with Crippen LogP contribution in [0.5, 0.6) is 0 Å². The Morgan fingerprint density at radius 3 is 2.60 bits per heavy atom. The number of likely N-dealkylation sites (tertiary alicyclic amines) is 1. The van der Waals surface area contributed by atoms with E-state index in [1.165, 1.54) is 24.2 Å². The summed E-state index contributed by atoms with van der Waals surface area (Å²) in [5.41, 5.74) is 0. The molecule has 2 rings (SSSR count). The first kappa shape index (κ1) is 19.9. The van der Waals surface area contributed by atoms with Crippen molar-refractivity contribution in [3.8, 4) is 0 Å². The first-order valence-corrected chi connectivity index (χ1v) is 10.2. The fourth-order valence-corrected chi connectivity index (χ4v) is 3.88. The second kappa shape index (κ2) is 9.92. The van der Waals surface area contributed by atoms with E-state index in [2.05, 4.69) is 36.3 Å². The third kappa shape index (κ3) is 6.44. The minimum absolute atomic E-state index is 0.00232. The standard InChI is InChI=1S/C19H31N3O2S/c1-14(2)16(22-10-7-15(3)8-11-22)13-21-18(23)6-9-20-19(24)17-5-4-12-25-17/h4-5,12,14-16H,6-11,13H2,1-3H3,(H,20,24)(H,21,23). The summed E-state index contributed by atoms with van der Waals surface area (Å²) in [5.74, 6) is 1.21. The molecule has 1 atom stereocenters. The molecule has 1 aliphatic heterocycles. The van der Waals surface area contributed by atoms with Crippen molar-refractivity contribution in [2.24, 2.45) is 11.8 Å². The van der Waals surface area contributed by atoms with Crippen LogP contribution in [0.1, 0.15) is 49.7 Å². The monoisotopic (exact) mass is 365 g/mol. The highest BCUT2D eigenvalue weighted by Gasteiger charge is 2.25. The molecular weight excluding hydrogens is 334 g/mol. The fourth-order valence-electron chi connectivity index (χ4n) is 3.24. The molecule has 1 aromatic heterocycles. The van der Waals surface area contributed by atoms with Gasteiger partial charge in [-0.1, -0.05) is 26.8 Å². The van der Waals surface area contributed by atoms with Gasteiger partial charge in [0, 0.05) is 25.6 Å². The molecule has 1 saturated heterocycles. The van der Waals surface area contributed by atoms with E-state index < -0.39 is 0 Å². The number of hydrogen-bond donors (Lipinski definition) is 2. The van der Waals surface area contributed by atoms with E-state index in [-0.39, 0.29) is 11.8 Å². The maximum atomic E-state index is 12.1. The maximum Gasteiger partial charge on any atom is 0.261 e. The Labute approximate surface area is 155 Å². The molecule has 0 saturated carbocycles. The fraction of sp³-hybridized carbons (Fsp3) is 0.684. The lowest BCUT2D eigenvalue weighted by molar-refractivity contribution is -0.121. The van der Waals surface area contributed by atoms with E-state index >= 15 is 0 Å². The second-order valence-electron chi connectivity index (χ2n) is 7.32. The molecule has 1 aliphatic rings. The van der Waals surface area contributed by atoms with Crippen LogP contribution in [-0.2, 0) is 4.79 Å². The van der Waals surface area contributed by atoms with E-state index in [1.54, 1.807) is 6.07 Å². The van der Waals surface area contributed by atoms with Gasteiger partial charge in [-0.3, -0.25) is 14.5 Å². The smallest absolute Gasteiger partial charge is 0.261 e. The van der Waals surface area contributed by atoms with E-state index in [1.807, 2.05) is 11.4 Å². The maximum absolute atomic E-state index is 12.1.